The zero-order chi connectivity index (χ0) is 22.8. The maximum atomic E-state index is 13.0. The van der Waals surface area contributed by atoms with Crippen LogP contribution in [0.5, 0.6) is 5.75 Å². The molecule has 0 bridgehead atoms. The Hall–Kier alpha value is -3.42. The maximum absolute atomic E-state index is 13.0. The lowest BCUT2D eigenvalue weighted by Gasteiger charge is -2.18. The van der Waals surface area contributed by atoms with Crippen LogP contribution < -0.4 is 10.1 Å². The van der Waals surface area contributed by atoms with Gasteiger partial charge < -0.3 is 19.5 Å². The molecule has 0 aliphatic heterocycles. The highest BCUT2D eigenvalue weighted by Gasteiger charge is 2.23. The molecule has 0 aliphatic carbocycles. The first-order chi connectivity index (χ1) is 14.8. The normalized spacial score (nSPS) is 11.5. The molecule has 1 N–H and O–H groups in total. The van der Waals surface area contributed by atoms with Gasteiger partial charge in [0, 0.05) is 0 Å². The van der Waals surface area contributed by atoms with Crippen LogP contribution in [0.2, 0.25) is 0 Å². The molecule has 1 unspecified atom stereocenters. The first-order valence-electron chi connectivity index (χ1n) is 9.80. The summed E-state index contributed by atoms with van der Waals surface area (Å²) in [4.78, 5) is 36.4. The molecule has 0 saturated heterocycles. The van der Waals surface area contributed by atoms with Crippen molar-refractivity contribution in [3.05, 3.63) is 65.5 Å². The fourth-order valence-electron chi connectivity index (χ4n) is 2.78. The molecule has 31 heavy (non-hydrogen) atoms. The Bertz CT molecular complexity index is 897. The molecule has 8 heteroatoms. The van der Waals surface area contributed by atoms with Gasteiger partial charge in [0.05, 0.1) is 7.11 Å². The predicted molar refractivity (Wildman–Crippen MR) is 111 cm³/mol. The van der Waals surface area contributed by atoms with E-state index in [9.17, 15) is 18.8 Å². The lowest BCUT2D eigenvalue weighted by atomic mass is 10.0. The summed E-state index contributed by atoms with van der Waals surface area (Å²) in [6.07, 6.45) is 0.395. The van der Waals surface area contributed by atoms with Crippen LogP contribution in [-0.2, 0) is 25.7 Å². The van der Waals surface area contributed by atoms with Crippen LogP contribution >= 0.6 is 0 Å². The van der Waals surface area contributed by atoms with Gasteiger partial charge in [-0.05, 0) is 42.2 Å². The number of carbonyl (C=O) groups is 3. The summed E-state index contributed by atoms with van der Waals surface area (Å²) in [5.41, 5.74) is 0.868. The van der Waals surface area contributed by atoms with Crippen molar-refractivity contribution in [1.29, 1.82) is 0 Å². The van der Waals surface area contributed by atoms with Crippen LogP contribution in [0.25, 0.3) is 0 Å². The minimum absolute atomic E-state index is 0.126. The second-order valence-electron chi connectivity index (χ2n) is 7.26. The highest BCUT2D eigenvalue weighted by Crippen LogP contribution is 2.20. The second kappa shape index (κ2) is 11.7. The predicted octanol–water partition coefficient (Wildman–Crippen LogP) is 3.27. The first kappa shape index (κ1) is 23.9. The number of halogens is 1. The molecule has 1 amide bonds. The van der Waals surface area contributed by atoms with Crippen molar-refractivity contribution >= 4 is 17.8 Å². The van der Waals surface area contributed by atoms with E-state index in [1.807, 2.05) is 13.8 Å². The van der Waals surface area contributed by atoms with Crippen molar-refractivity contribution in [3.8, 4) is 5.75 Å². The molecule has 1 atom stereocenters. The fraction of sp³-hybridized carbons (Fsp3) is 0.348. The summed E-state index contributed by atoms with van der Waals surface area (Å²) in [6, 6.07) is 11.4. The second-order valence-corrected chi connectivity index (χ2v) is 7.26. The lowest BCUT2D eigenvalue weighted by molar-refractivity contribution is -0.145. The number of ether oxygens (including phenoxy) is 3. The topological polar surface area (TPSA) is 90.9 Å². The van der Waals surface area contributed by atoms with Gasteiger partial charge in [-0.2, -0.15) is 0 Å². The van der Waals surface area contributed by atoms with Gasteiger partial charge in [-0.25, -0.2) is 14.0 Å². The molecule has 0 fully saturated rings. The zero-order valence-electron chi connectivity index (χ0n) is 17.7. The average Bonchev–Trinajstić information content (AvgIpc) is 2.76. The zero-order valence-corrected chi connectivity index (χ0v) is 17.7. The number of hydrogen-bond acceptors (Lipinski definition) is 6. The van der Waals surface area contributed by atoms with Crippen LogP contribution in [0.3, 0.4) is 0 Å². The number of benzene rings is 2. The van der Waals surface area contributed by atoms with Gasteiger partial charge >= 0.3 is 11.9 Å². The summed E-state index contributed by atoms with van der Waals surface area (Å²) >= 11 is 0. The molecule has 0 radical (unpaired) electrons. The van der Waals surface area contributed by atoms with E-state index in [1.54, 1.807) is 30.3 Å². The standard InChI is InChI=1S/C23H26FNO6/c1-15(2)12-19(23(28)29-3)25-21(26)14-31-22(27)18-6-4-5-7-20(18)30-13-16-8-10-17(24)11-9-16/h4-11,15,19H,12-14H2,1-3H3,(H,25,26). The minimum atomic E-state index is -0.817. The van der Waals surface area contributed by atoms with E-state index in [1.165, 1.54) is 25.3 Å². The SMILES string of the molecule is COC(=O)C(CC(C)C)NC(=O)COC(=O)c1ccccc1OCc1ccc(F)cc1. The third-order valence-electron chi connectivity index (χ3n) is 4.28. The summed E-state index contributed by atoms with van der Waals surface area (Å²) in [5.74, 6) is -1.86. The maximum Gasteiger partial charge on any atom is 0.342 e. The highest BCUT2D eigenvalue weighted by molar-refractivity contribution is 5.94. The molecule has 0 aliphatic rings. The van der Waals surface area contributed by atoms with Crippen molar-refractivity contribution in [2.24, 2.45) is 5.92 Å². The van der Waals surface area contributed by atoms with Gasteiger partial charge in [0.1, 0.15) is 29.8 Å². The number of esters is 2. The molecule has 0 saturated carbocycles. The highest BCUT2D eigenvalue weighted by atomic mass is 19.1. The molecular formula is C23H26FNO6. The summed E-state index contributed by atoms with van der Waals surface area (Å²) in [5, 5.41) is 2.52. The number of amides is 1. The largest absolute Gasteiger partial charge is 0.488 e. The monoisotopic (exact) mass is 431 g/mol. The molecule has 166 valence electrons. The van der Waals surface area contributed by atoms with Gasteiger partial charge in [0.2, 0.25) is 0 Å². The smallest absolute Gasteiger partial charge is 0.342 e. The molecule has 0 aromatic heterocycles. The van der Waals surface area contributed by atoms with E-state index in [-0.39, 0.29) is 29.7 Å². The Balaban J connectivity index is 1.95. The van der Waals surface area contributed by atoms with Gasteiger partial charge in [-0.3, -0.25) is 4.79 Å². The van der Waals surface area contributed by atoms with E-state index in [4.69, 9.17) is 14.2 Å². The molecular weight excluding hydrogens is 405 g/mol. The third kappa shape index (κ3) is 7.73. The Kier molecular flexibility index (Phi) is 8.99. The van der Waals surface area contributed by atoms with Crippen molar-refractivity contribution < 1.29 is 33.0 Å². The molecule has 2 aromatic carbocycles. The lowest BCUT2D eigenvalue weighted by Crippen LogP contribution is -2.44. The number of hydrogen-bond donors (Lipinski definition) is 1. The van der Waals surface area contributed by atoms with Gasteiger partial charge in [-0.15, -0.1) is 0 Å². The third-order valence-corrected chi connectivity index (χ3v) is 4.28. The Morgan fingerprint density at radius 1 is 1.03 bits per heavy atom. The van der Waals surface area contributed by atoms with Crippen molar-refractivity contribution in [2.45, 2.75) is 32.9 Å². The van der Waals surface area contributed by atoms with E-state index < -0.39 is 30.5 Å². The molecule has 7 nitrogen and oxygen atoms in total. The van der Waals surface area contributed by atoms with Gasteiger partial charge in [-0.1, -0.05) is 38.1 Å². The van der Waals surface area contributed by atoms with Crippen LogP contribution in [0, 0.1) is 11.7 Å². The van der Waals surface area contributed by atoms with Crippen LogP contribution in [0.1, 0.15) is 36.2 Å². The molecule has 0 spiro atoms. The summed E-state index contributed by atoms with van der Waals surface area (Å²) < 4.78 is 28.5. The fourth-order valence-corrected chi connectivity index (χ4v) is 2.78. The van der Waals surface area contributed by atoms with E-state index >= 15 is 0 Å². The minimum Gasteiger partial charge on any atom is -0.488 e. The summed E-state index contributed by atoms with van der Waals surface area (Å²) in [7, 11) is 1.24. The van der Waals surface area contributed by atoms with Crippen molar-refractivity contribution in [3.63, 3.8) is 0 Å². The van der Waals surface area contributed by atoms with E-state index in [0.29, 0.717) is 6.42 Å². The van der Waals surface area contributed by atoms with E-state index in [0.717, 1.165) is 5.56 Å². The van der Waals surface area contributed by atoms with Crippen molar-refractivity contribution in [1.82, 2.24) is 5.32 Å². The van der Waals surface area contributed by atoms with Crippen LogP contribution in [0.15, 0.2) is 48.5 Å². The molecule has 0 heterocycles. The average molecular weight is 431 g/mol. The number of rotatable bonds is 10. The van der Waals surface area contributed by atoms with Crippen LogP contribution in [0.4, 0.5) is 4.39 Å². The Morgan fingerprint density at radius 2 is 1.71 bits per heavy atom. The first-order valence-corrected chi connectivity index (χ1v) is 9.80. The van der Waals surface area contributed by atoms with E-state index in [2.05, 4.69) is 5.32 Å². The molecule has 2 aromatic rings. The number of carbonyl (C=O) groups excluding carboxylic acids is 3. The number of methoxy groups -OCH3 is 1. The van der Waals surface area contributed by atoms with Crippen molar-refractivity contribution in [2.75, 3.05) is 13.7 Å². The quantitative estimate of drug-likeness (QED) is 0.581. The van der Waals surface area contributed by atoms with Gasteiger partial charge in [0.15, 0.2) is 6.61 Å². The number of nitrogens with one attached hydrogen (secondary N) is 1. The summed E-state index contributed by atoms with van der Waals surface area (Å²) in [6.45, 7) is 3.38. The number of para-hydroxylation sites is 1. The van der Waals surface area contributed by atoms with Crippen LogP contribution in [-0.4, -0.2) is 37.6 Å². The molecule has 2 rings (SSSR count). The Morgan fingerprint density at radius 3 is 2.35 bits per heavy atom. The van der Waals surface area contributed by atoms with Gasteiger partial charge in [0.25, 0.3) is 5.91 Å². The Labute approximate surface area is 180 Å².